The Balaban J connectivity index is 1.45. The van der Waals surface area contributed by atoms with Gasteiger partial charge in [0.05, 0.1) is 13.2 Å². The molecule has 1 aliphatic heterocycles. The van der Waals surface area contributed by atoms with Gasteiger partial charge in [0.15, 0.2) is 6.10 Å². The normalized spacial score (nSPS) is 21.0. The van der Waals surface area contributed by atoms with Crippen LogP contribution >= 0.6 is 0 Å². The van der Waals surface area contributed by atoms with Crippen LogP contribution in [0.2, 0.25) is 0 Å². The Bertz CT molecular complexity index is 759. The highest BCUT2D eigenvalue weighted by Gasteiger charge is 2.30. The molecule has 1 aliphatic carbocycles. The number of amides is 1. The molecule has 2 aromatic heterocycles. The van der Waals surface area contributed by atoms with Crippen molar-refractivity contribution in [3.05, 3.63) is 35.7 Å². The van der Waals surface area contributed by atoms with E-state index in [1.807, 2.05) is 0 Å². The number of aromatic nitrogens is 3. The molecule has 0 spiro atoms. The van der Waals surface area contributed by atoms with E-state index in [1.165, 1.54) is 6.42 Å². The lowest BCUT2D eigenvalue weighted by Crippen LogP contribution is -2.42. The molecular formula is C17H20N4O4. The van der Waals surface area contributed by atoms with E-state index in [1.54, 1.807) is 30.2 Å². The molecule has 0 N–H and O–H groups in total. The summed E-state index contributed by atoms with van der Waals surface area (Å²) in [5.74, 6) is 1.31. The molecule has 2 aromatic rings. The Morgan fingerprint density at radius 3 is 2.96 bits per heavy atom. The molecule has 1 amide bonds. The Labute approximate surface area is 145 Å². The third-order valence-electron chi connectivity index (χ3n) is 4.49. The molecule has 25 heavy (non-hydrogen) atoms. The molecular weight excluding hydrogens is 324 g/mol. The van der Waals surface area contributed by atoms with Gasteiger partial charge in [0.1, 0.15) is 6.10 Å². The zero-order valence-electron chi connectivity index (χ0n) is 14.1. The van der Waals surface area contributed by atoms with E-state index < -0.39 is 6.10 Å². The van der Waals surface area contributed by atoms with Gasteiger partial charge in [0, 0.05) is 31.3 Å². The van der Waals surface area contributed by atoms with Gasteiger partial charge in [0.2, 0.25) is 17.7 Å². The third kappa shape index (κ3) is 3.48. The molecule has 3 heterocycles. The Hall–Kier alpha value is -2.48. The smallest absolute Gasteiger partial charge is 0.254 e. The van der Waals surface area contributed by atoms with E-state index in [-0.39, 0.29) is 12.0 Å². The maximum Gasteiger partial charge on any atom is 0.254 e. The topological polar surface area (TPSA) is 90.6 Å². The summed E-state index contributed by atoms with van der Waals surface area (Å²) in [6.07, 6.45) is 4.73. The molecule has 0 aromatic carbocycles. The molecule has 8 heteroatoms. The van der Waals surface area contributed by atoms with Crippen LogP contribution in [0.5, 0.6) is 5.88 Å². The number of hydrogen-bond donors (Lipinski definition) is 0. The minimum Gasteiger partial charge on any atom is -0.474 e. The first-order valence-corrected chi connectivity index (χ1v) is 8.52. The first-order valence-electron chi connectivity index (χ1n) is 8.52. The molecule has 4 rings (SSSR count). The van der Waals surface area contributed by atoms with Gasteiger partial charge in [-0.25, -0.2) is 4.98 Å². The highest BCUT2D eigenvalue weighted by Crippen LogP contribution is 2.25. The van der Waals surface area contributed by atoms with Crippen molar-refractivity contribution in [2.24, 2.45) is 0 Å². The standard InChI is InChI=1S/C17H20N4O4/c1-11-19-20-16(24-11)14-10-21(7-8-23-14)17(22)12-5-6-18-15(9-12)25-13-3-2-4-13/h5-6,9,13-14H,2-4,7-8,10H2,1H3. The summed E-state index contributed by atoms with van der Waals surface area (Å²) < 4.78 is 16.9. The van der Waals surface area contributed by atoms with Crippen molar-refractivity contribution in [1.82, 2.24) is 20.1 Å². The molecule has 1 saturated carbocycles. The van der Waals surface area contributed by atoms with E-state index in [2.05, 4.69) is 15.2 Å². The molecule has 2 fully saturated rings. The molecule has 0 bridgehead atoms. The highest BCUT2D eigenvalue weighted by atomic mass is 16.5. The molecule has 0 radical (unpaired) electrons. The number of rotatable bonds is 4. The van der Waals surface area contributed by atoms with Crippen LogP contribution in [-0.4, -0.2) is 51.8 Å². The van der Waals surface area contributed by atoms with Crippen molar-refractivity contribution in [2.45, 2.75) is 38.4 Å². The van der Waals surface area contributed by atoms with Gasteiger partial charge in [-0.1, -0.05) is 0 Å². The molecule has 8 nitrogen and oxygen atoms in total. The quantitative estimate of drug-likeness (QED) is 0.837. The summed E-state index contributed by atoms with van der Waals surface area (Å²) in [5, 5.41) is 7.81. The second-order valence-corrected chi connectivity index (χ2v) is 6.32. The summed E-state index contributed by atoms with van der Waals surface area (Å²) >= 11 is 0. The molecule has 1 saturated heterocycles. The first-order chi connectivity index (χ1) is 12.2. The van der Waals surface area contributed by atoms with Crippen LogP contribution in [0.4, 0.5) is 0 Å². The highest BCUT2D eigenvalue weighted by molar-refractivity contribution is 5.94. The van der Waals surface area contributed by atoms with E-state index in [9.17, 15) is 4.79 Å². The van der Waals surface area contributed by atoms with Crippen molar-refractivity contribution in [3.8, 4) is 5.88 Å². The van der Waals surface area contributed by atoms with Gasteiger partial charge in [-0.2, -0.15) is 0 Å². The lowest BCUT2D eigenvalue weighted by atomic mass is 9.96. The van der Waals surface area contributed by atoms with E-state index in [0.717, 1.165) is 12.8 Å². The monoisotopic (exact) mass is 344 g/mol. The maximum atomic E-state index is 12.8. The van der Waals surface area contributed by atoms with Crippen LogP contribution in [-0.2, 0) is 4.74 Å². The summed E-state index contributed by atoms with van der Waals surface area (Å²) in [7, 11) is 0. The lowest BCUT2D eigenvalue weighted by Gasteiger charge is -2.31. The summed E-state index contributed by atoms with van der Waals surface area (Å²) in [4.78, 5) is 18.8. The number of ether oxygens (including phenoxy) is 2. The average Bonchev–Trinajstić information content (AvgIpc) is 3.04. The summed E-state index contributed by atoms with van der Waals surface area (Å²) in [5.41, 5.74) is 0.562. The van der Waals surface area contributed by atoms with Gasteiger partial charge in [-0.3, -0.25) is 4.79 Å². The minimum atomic E-state index is -0.397. The van der Waals surface area contributed by atoms with Crippen LogP contribution in [0.15, 0.2) is 22.7 Å². The Morgan fingerprint density at radius 1 is 1.36 bits per heavy atom. The van der Waals surface area contributed by atoms with Crippen molar-refractivity contribution in [3.63, 3.8) is 0 Å². The maximum absolute atomic E-state index is 12.8. The van der Waals surface area contributed by atoms with Crippen LogP contribution < -0.4 is 4.74 Å². The van der Waals surface area contributed by atoms with E-state index >= 15 is 0 Å². The van der Waals surface area contributed by atoms with Gasteiger partial charge in [0.25, 0.3) is 5.91 Å². The van der Waals surface area contributed by atoms with Crippen LogP contribution in [0.1, 0.15) is 47.5 Å². The third-order valence-corrected chi connectivity index (χ3v) is 4.49. The Morgan fingerprint density at radius 2 is 2.24 bits per heavy atom. The van der Waals surface area contributed by atoms with Crippen LogP contribution in [0, 0.1) is 6.92 Å². The van der Waals surface area contributed by atoms with E-state index in [4.69, 9.17) is 13.9 Å². The number of carbonyl (C=O) groups is 1. The summed E-state index contributed by atoms with van der Waals surface area (Å²) in [6.45, 7) is 3.04. The fourth-order valence-corrected chi connectivity index (χ4v) is 2.87. The second kappa shape index (κ2) is 6.79. The molecule has 1 unspecified atom stereocenters. The van der Waals surface area contributed by atoms with E-state index in [0.29, 0.717) is 42.9 Å². The lowest BCUT2D eigenvalue weighted by molar-refractivity contribution is -0.0349. The molecule has 1 atom stereocenters. The predicted octanol–water partition coefficient (Wildman–Crippen LogP) is 1.92. The first kappa shape index (κ1) is 16.0. The number of hydrogen-bond acceptors (Lipinski definition) is 7. The summed E-state index contributed by atoms with van der Waals surface area (Å²) in [6, 6.07) is 3.42. The zero-order valence-corrected chi connectivity index (χ0v) is 14.1. The zero-order chi connectivity index (χ0) is 17.2. The van der Waals surface area contributed by atoms with Gasteiger partial charge in [-0.15, -0.1) is 10.2 Å². The van der Waals surface area contributed by atoms with Crippen LogP contribution in [0.25, 0.3) is 0 Å². The van der Waals surface area contributed by atoms with Gasteiger partial charge in [-0.05, 0) is 25.3 Å². The Kier molecular flexibility index (Phi) is 4.35. The van der Waals surface area contributed by atoms with Gasteiger partial charge >= 0.3 is 0 Å². The fraction of sp³-hybridized carbons (Fsp3) is 0.529. The number of nitrogens with zero attached hydrogens (tertiary/aromatic N) is 4. The predicted molar refractivity (Wildman–Crippen MR) is 86.1 cm³/mol. The number of carbonyl (C=O) groups excluding carboxylic acids is 1. The number of morpholine rings is 1. The van der Waals surface area contributed by atoms with Gasteiger partial charge < -0.3 is 18.8 Å². The second-order valence-electron chi connectivity index (χ2n) is 6.32. The molecule has 132 valence electrons. The largest absolute Gasteiger partial charge is 0.474 e. The SMILES string of the molecule is Cc1nnc(C2CN(C(=O)c3ccnc(OC4CCC4)c3)CCO2)o1. The van der Waals surface area contributed by atoms with Crippen molar-refractivity contribution >= 4 is 5.91 Å². The van der Waals surface area contributed by atoms with Crippen molar-refractivity contribution < 1.29 is 18.7 Å². The van der Waals surface area contributed by atoms with Crippen molar-refractivity contribution in [1.29, 1.82) is 0 Å². The minimum absolute atomic E-state index is 0.0783. The number of aryl methyl sites for hydroxylation is 1. The van der Waals surface area contributed by atoms with Crippen molar-refractivity contribution in [2.75, 3.05) is 19.7 Å². The molecule has 2 aliphatic rings. The van der Waals surface area contributed by atoms with Crippen LogP contribution in [0.3, 0.4) is 0 Å². The average molecular weight is 344 g/mol. The fourth-order valence-electron chi connectivity index (χ4n) is 2.87. The number of pyridine rings is 1.